The fraction of sp³-hybridized carbons (Fsp3) is 0.579. The maximum atomic E-state index is 12.9. The van der Waals surface area contributed by atoms with E-state index in [2.05, 4.69) is 5.32 Å². The molecule has 10 heteroatoms. The van der Waals surface area contributed by atoms with Crippen molar-refractivity contribution in [1.82, 2.24) is 10.2 Å². The average molecular weight is 424 g/mol. The molecule has 0 aromatic heterocycles. The van der Waals surface area contributed by atoms with Crippen LogP contribution in [-0.4, -0.2) is 35.8 Å². The minimum Gasteiger partial charge on any atom is -0.349 e. The maximum Gasteiger partial charge on any atom is 0.416 e. The van der Waals surface area contributed by atoms with E-state index in [0.29, 0.717) is 44.5 Å². The molecule has 1 fully saturated rings. The zero-order valence-electron chi connectivity index (χ0n) is 16.0. The Morgan fingerprint density at radius 2 is 1.48 bits per heavy atom. The van der Waals surface area contributed by atoms with Crippen LogP contribution in [0.15, 0.2) is 18.2 Å². The number of hydrogen-bond acceptors (Lipinski definition) is 2. The standard InChI is InChI=1S/C19H22F6N2O2/c1-11(2)7-16(28)27-5-3-15(4-6-27)26-17(29)12-8-13(18(20,21)22)10-14(9-12)19(23,24)25/h8-11,15H,3-7H2,1-2H3,(H,26,29). The molecule has 0 radical (unpaired) electrons. The first-order valence-electron chi connectivity index (χ1n) is 9.15. The molecule has 1 heterocycles. The lowest BCUT2D eigenvalue weighted by Gasteiger charge is -2.33. The number of benzene rings is 1. The van der Waals surface area contributed by atoms with Gasteiger partial charge in [-0.05, 0) is 37.0 Å². The van der Waals surface area contributed by atoms with Gasteiger partial charge in [0.15, 0.2) is 0 Å². The van der Waals surface area contributed by atoms with Gasteiger partial charge in [-0.15, -0.1) is 0 Å². The van der Waals surface area contributed by atoms with Crippen LogP contribution in [0.4, 0.5) is 26.3 Å². The van der Waals surface area contributed by atoms with Crippen molar-refractivity contribution in [3.05, 3.63) is 34.9 Å². The van der Waals surface area contributed by atoms with Gasteiger partial charge >= 0.3 is 12.4 Å². The van der Waals surface area contributed by atoms with Crippen molar-refractivity contribution in [3.63, 3.8) is 0 Å². The number of rotatable bonds is 4. The van der Waals surface area contributed by atoms with Gasteiger partial charge in [-0.2, -0.15) is 26.3 Å². The molecule has 2 amide bonds. The van der Waals surface area contributed by atoms with Crippen molar-refractivity contribution in [2.75, 3.05) is 13.1 Å². The van der Waals surface area contributed by atoms with Crippen LogP contribution >= 0.6 is 0 Å². The number of piperidine rings is 1. The van der Waals surface area contributed by atoms with Crippen LogP contribution < -0.4 is 5.32 Å². The number of carbonyl (C=O) groups excluding carboxylic acids is 2. The zero-order valence-corrected chi connectivity index (χ0v) is 16.0. The van der Waals surface area contributed by atoms with E-state index in [1.807, 2.05) is 13.8 Å². The zero-order chi connectivity index (χ0) is 22.0. The molecule has 1 N–H and O–H groups in total. The van der Waals surface area contributed by atoms with Gasteiger partial charge in [0.25, 0.3) is 5.91 Å². The van der Waals surface area contributed by atoms with Crippen LogP contribution in [-0.2, 0) is 17.1 Å². The third kappa shape index (κ3) is 6.37. The Morgan fingerprint density at radius 1 is 1.00 bits per heavy atom. The van der Waals surface area contributed by atoms with E-state index in [4.69, 9.17) is 0 Å². The van der Waals surface area contributed by atoms with E-state index in [1.54, 1.807) is 4.90 Å². The Morgan fingerprint density at radius 3 is 1.90 bits per heavy atom. The molecule has 1 aliphatic rings. The van der Waals surface area contributed by atoms with Crippen LogP contribution in [0.5, 0.6) is 0 Å². The Balaban J connectivity index is 2.09. The molecule has 4 nitrogen and oxygen atoms in total. The van der Waals surface area contributed by atoms with Crippen molar-refractivity contribution < 1.29 is 35.9 Å². The van der Waals surface area contributed by atoms with E-state index >= 15 is 0 Å². The van der Waals surface area contributed by atoms with Gasteiger partial charge in [0, 0.05) is 31.1 Å². The first kappa shape index (κ1) is 23.0. The largest absolute Gasteiger partial charge is 0.416 e. The number of alkyl halides is 6. The number of carbonyl (C=O) groups is 2. The number of halogens is 6. The molecular formula is C19H22F6N2O2. The van der Waals surface area contributed by atoms with Crippen LogP contribution in [0.25, 0.3) is 0 Å². The average Bonchev–Trinajstić information content (AvgIpc) is 2.59. The molecule has 0 spiro atoms. The highest BCUT2D eigenvalue weighted by Gasteiger charge is 2.37. The fourth-order valence-corrected chi connectivity index (χ4v) is 3.11. The van der Waals surface area contributed by atoms with Crippen LogP contribution in [0.3, 0.4) is 0 Å². The molecule has 0 unspecified atom stereocenters. The molecule has 0 atom stereocenters. The van der Waals surface area contributed by atoms with Gasteiger partial charge in [-0.1, -0.05) is 13.8 Å². The number of nitrogens with one attached hydrogen (secondary N) is 1. The van der Waals surface area contributed by atoms with Crippen molar-refractivity contribution in [2.45, 2.75) is 51.5 Å². The van der Waals surface area contributed by atoms with Crippen molar-refractivity contribution in [3.8, 4) is 0 Å². The fourth-order valence-electron chi connectivity index (χ4n) is 3.11. The molecule has 2 rings (SSSR count). The number of amides is 2. The van der Waals surface area contributed by atoms with E-state index in [1.165, 1.54) is 0 Å². The van der Waals surface area contributed by atoms with Gasteiger partial charge in [0.05, 0.1) is 11.1 Å². The lowest BCUT2D eigenvalue weighted by molar-refractivity contribution is -0.143. The topological polar surface area (TPSA) is 49.4 Å². The highest BCUT2D eigenvalue weighted by Crippen LogP contribution is 2.36. The van der Waals surface area contributed by atoms with Crippen LogP contribution in [0.1, 0.15) is 54.6 Å². The highest BCUT2D eigenvalue weighted by molar-refractivity contribution is 5.95. The molecule has 0 bridgehead atoms. The summed E-state index contributed by atoms with van der Waals surface area (Å²) in [6, 6.07) is 0.363. The van der Waals surface area contributed by atoms with Gasteiger partial charge in [0.2, 0.25) is 5.91 Å². The molecule has 1 saturated heterocycles. The smallest absolute Gasteiger partial charge is 0.349 e. The summed E-state index contributed by atoms with van der Waals surface area (Å²) >= 11 is 0. The SMILES string of the molecule is CC(C)CC(=O)N1CCC(NC(=O)c2cc(C(F)(F)F)cc(C(F)(F)F)c2)CC1. The van der Waals surface area contributed by atoms with Crippen molar-refractivity contribution in [1.29, 1.82) is 0 Å². The predicted molar refractivity (Wildman–Crippen MR) is 93.0 cm³/mol. The van der Waals surface area contributed by atoms with E-state index in [9.17, 15) is 35.9 Å². The molecule has 0 aliphatic carbocycles. The summed E-state index contributed by atoms with van der Waals surface area (Å²) in [6.07, 6.45) is -8.89. The Bertz CT molecular complexity index is 718. The second kappa shape index (κ2) is 8.62. The first-order chi connectivity index (χ1) is 13.3. The van der Waals surface area contributed by atoms with E-state index < -0.39 is 41.0 Å². The molecular weight excluding hydrogens is 402 g/mol. The Kier molecular flexibility index (Phi) is 6.85. The summed E-state index contributed by atoms with van der Waals surface area (Å²) in [5.74, 6) is -0.824. The normalized spacial score (nSPS) is 16.2. The van der Waals surface area contributed by atoms with Crippen LogP contribution in [0, 0.1) is 5.92 Å². The quantitative estimate of drug-likeness (QED) is 0.724. The first-order valence-corrected chi connectivity index (χ1v) is 9.15. The maximum absolute atomic E-state index is 12.9. The van der Waals surface area contributed by atoms with Gasteiger partial charge in [-0.25, -0.2) is 0 Å². The summed E-state index contributed by atoms with van der Waals surface area (Å²) in [7, 11) is 0. The monoisotopic (exact) mass is 424 g/mol. The molecule has 1 aromatic rings. The number of likely N-dealkylation sites (tertiary alicyclic amines) is 1. The second-order valence-corrected chi connectivity index (χ2v) is 7.52. The summed E-state index contributed by atoms with van der Waals surface area (Å²) in [6.45, 7) is 4.56. The molecule has 1 aromatic carbocycles. The molecule has 0 saturated carbocycles. The summed E-state index contributed by atoms with van der Waals surface area (Å²) in [5, 5.41) is 2.48. The third-order valence-corrected chi connectivity index (χ3v) is 4.62. The van der Waals surface area contributed by atoms with E-state index in [-0.39, 0.29) is 17.9 Å². The van der Waals surface area contributed by atoms with Crippen molar-refractivity contribution >= 4 is 11.8 Å². The van der Waals surface area contributed by atoms with E-state index in [0.717, 1.165) is 0 Å². The second-order valence-electron chi connectivity index (χ2n) is 7.52. The van der Waals surface area contributed by atoms with Gasteiger partial charge in [-0.3, -0.25) is 9.59 Å². The molecule has 29 heavy (non-hydrogen) atoms. The Hall–Kier alpha value is -2.26. The minimum absolute atomic E-state index is 0.0162. The summed E-state index contributed by atoms with van der Waals surface area (Å²) in [5.41, 5.74) is -3.77. The third-order valence-electron chi connectivity index (χ3n) is 4.62. The van der Waals surface area contributed by atoms with Gasteiger partial charge < -0.3 is 10.2 Å². The summed E-state index contributed by atoms with van der Waals surface area (Å²) < 4.78 is 77.6. The van der Waals surface area contributed by atoms with Gasteiger partial charge in [0.1, 0.15) is 0 Å². The number of nitrogens with zero attached hydrogens (tertiary/aromatic N) is 1. The lowest BCUT2D eigenvalue weighted by Crippen LogP contribution is -2.46. The highest BCUT2D eigenvalue weighted by atomic mass is 19.4. The minimum atomic E-state index is -5.02. The predicted octanol–water partition coefficient (Wildman–Crippen LogP) is 4.49. The number of hydrogen-bond donors (Lipinski definition) is 1. The lowest BCUT2D eigenvalue weighted by atomic mass is 10.0. The molecule has 1 aliphatic heterocycles. The van der Waals surface area contributed by atoms with Crippen LogP contribution in [0.2, 0.25) is 0 Å². The summed E-state index contributed by atoms with van der Waals surface area (Å²) in [4.78, 5) is 26.0. The molecule has 162 valence electrons. The van der Waals surface area contributed by atoms with Crippen molar-refractivity contribution in [2.24, 2.45) is 5.92 Å². The Labute approximate surface area is 164 Å².